The fourth-order valence-electron chi connectivity index (χ4n) is 4.44. The average molecular weight is 409 g/mol. The molecule has 0 amide bonds. The molecular formula is C23H23NO6. The predicted octanol–water partition coefficient (Wildman–Crippen LogP) is 2.99. The number of hydrogen-bond acceptors (Lipinski definition) is 7. The maximum atomic E-state index is 13.6. The van der Waals surface area contributed by atoms with Gasteiger partial charge in [0, 0.05) is 23.6 Å². The van der Waals surface area contributed by atoms with Crippen LogP contribution < -0.4 is 29.4 Å². The topological polar surface area (TPSA) is 89.2 Å². The van der Waals surface area contributed by atoms with Crippen LogP contribution in [0.15, 0.2) is 36.4 Å². The maximum Gasteiger partial charge on any atom is 0.207 e. The van der Waals surface area contributed by atoms with Crippen molar-refractivity contribution in [1.82, 2.24) is 0 Å². The zero-order chi connectivity index (χ0) is 21.2. The van der Waals surface area contributed by atoms with E-state index in [-0.39, 0.29) is 18.5 Å². The molecule has 7 nitrogen and oxygen atoms in total. The minimum atomic E-state index is -1.34. The van der Waals surface area contributed by atoms with Gasteiger partial charge in [-0.1, -0.05) is 6.58 Å². The van der Waals surface area contributed by atoms with Crippen molar-refractivity contribution in [1.29, 1.82) is 0 Å². The third kappa shape index (κ3) is 2.51. The standard InChI is InChI=1S/C23H23NO6/c1-11(2)16-8-14-15(29-16)6-5-12-21(25)20-13-7-18(26-3)19(27-4)9-17(13)28-10-23(20,24)30-22(12)14/h5-7,9,16,20H,1,8,10,24H2,2-4H3/t16-,20-,23-/m1/s1. The van der Waals surface area contributed by atoms with E-state index in [2.05, 4.69) is 6.58 Å². The molecular weight excluding hydrogens is 386 g/mol. The molecule has 0 unspecified atom stereocenters. The molecule has 3 atom stereocenters. The molecule has 3 aliphatic heterocycles. The summed E-state index contributed by atoms with van der Waals surface area (Å²) in [5.41, 5.74) is 8.17. The van der Waals surface area contributed by atoms with Gasteiger partial charge in [0.15, 0.2) is 17.3 Å². The summed E-state index contributed by atoms with van der Waals surface area (Å²) in [6.45, 7) is 5.93. The highest BCUT2D eigenvalue weighted by molar-refractivity contribution is 6.06. The minimum absolute atomic E-state index is 0.0275. The number of Topliss-reactive ketones (excluding diaryl/α,β-unsaturated/α-hetero) is 1. The highest BCUT2D eigenvalue weighted by Gasteiger charge is 2.53. The second-order valence-electron chi connectivity index (χ2n) is 7.96. The first-order valence-corrected chi connectivity index (χ1v) is 9.75. The molecule has 3 aliphatic rings. The van der Waals surface area contributed by atoms with Crippen LogP contribution in [0.2, 0.25) is 0 Å². The maximum absolute atomic E-state index is 13.6. The van der Waals surface area contributed by atoms with E-state index in [1.54, 1.807) is 32.4 Å². The normalized spacial score (nSPS) is 25.5. The molecule has 3 heterocycles. The lowest BCUT2D eigenvalue weighted by Crippen LogP contribution is -2.61. The Morgan fingerprint density at radius 3 is 2.63 bits per heavy atom. The number of methoxy groups -OCH3 is 2. The van der Waals surface area contributed by atoms with Gasteiger partial charge in [-0.15, -0.1) is 0 Å². The molecule has 2 N–H and O–H groups in total. The van der Waals surface area contributed by atoms with E-state index in [0.717, 1.165) is 11.1 Å². The van der Waals surface area contributed by atoms with Crippen LogP contribution in [0.3, 0.4) is 0 Å². The highest BCUT2D eigenvalue weighted by atomic mass is 16.6. The second kappa shape index (κ2) is 6.40. The number of carbonyl (C=O) groups is 1. The van der Waals surface area contributed by atoms with Crippen LogP contribution >= 0.6 is 0 Å². The van der Waals surface area contributed by atoms with Crippen molar-refractivity contribution in [3.05, 3.63) is 53.1 Å². The van der Waals surface area contributed by atoms with Gasteiger partial charge in [-0.25, -0.2) is 0 Å². The summed E-state index contributed by atoms with van der Waals surface area (Å²) < 4.78 is 28.9. The fourth-order valence-corrected chi connectivity index (χ4v) is 4.44. The van der Waals surface area contributed by atoms with Gasteiger partial charge in [0.2, 0.25) is 5.72 Å². The number of rotatable bonds is 3. The second-order valence-corrected chi connectivity index (χ2v) is 7.96. The zero-order valence-electron chi connectivity index (χ0n) is 17.1. The number of benzene rings is 2. The van der Waals surface area contributed by atoms with E-state index in [9.17, 15) is 4.79 Å². The Kier molecular flexibility index (Phi) is 4.02. The summed E-state index contributed by atoms with van der Waals surface area (Å²) in [5, 5.41) is 0. The molecule has 0 saturated heterocycles. The summed E-state index contributed by atoms with van der Waals surface area (Å²) >= 11 is 0. The molecule has 0 bridgehead atoms. The summed E-state index contributed by atoms with van der Waals surface area (Å²) in [6, 6.07) is 7.01. The first kappa shape index (κ1) is 18.8. The Morgan fingerprint density at radius 1 is 1.20 bits per heavy atom. The van der Waals surface area contributed by atoms with Crippen molar-refractivity contribution in [2.45, 2.75) is 31.1 Å². The Labute approximate surface area is 174 Å². The molecule has 0 saturated carbocycles. The van der Waals surface area contributed by atoms with E-state index in [0.29, 0.717) is 46.3 Å². The lowest BCUT2D eigenvalue weighted by Gasteiger charge is -2.44. The van der Waals surface area contributed by atoms with Crippen LogP contribution in [0.25, 0.3) is 0 Å². The van der Waals surface area contributed by atoms with Crippen LogP contribution in [0.5, 0.6) is 28.7 Å². The Bertz CT molecular complexity index is 1090. The van der Waals surface area contributed by atoms with Gasteiger partial charge < -0.3 is 23.7 Å². The van der Waals surface area contributed by atoms with Gasteiger partial charge in [0.25, 0.3) is 0 Å². The first-order valence-electron chi connectivity index (χ1n) is 9.75. The van der Waals surface area contributed by atoms with Gasteiger partial charge in [-0.05, 0) is 30.7 Å². The third-order valence-corrected chi connectivity index (χ3v) is 6.01. The summed E-state index contributed by atoms with van der Waals surface area (Å²) in [7, 11) is 3.09. The molecule has 156 valence electrons. The van der Waals surface area contributed by atoms with Crippen molar-refractivity contribution in [2.24, 2.45) is 5.73 Å². The van der Waals surface area contributed by atoms with Gasteiger partial charge in [-0.3, -0.25) is 10.5 Å². The Balaban J connectivity index is 1.63. The number of nitrogens with two attached hydrogens (primary N) is 1. The number of fused-ring (bicyclic) bond motifs is 6. The molecule has 0 radical (unpaired) electrons. The quantitative estimate of drug-likeness (QED) is 0.780. The summed E-state index contributed by atoms with van der Waals surface area (Å²) in [5.74, 6) is 1.88. The minimum Gasteiger partial charge on any atom is -0.493 e. The van der Waals surface area contributed by atoms with Crippen LogP contribution in [0, 0.1) is 0 Å². The summed E-state index contributed by atoms with van der Waals surface area (Å²) in [4.78, 5) is 13.6. The van der Waals surface area contributed by atoms with Gasteiger partial charge >= 0.3 is 0 Å². The smallest absolute Gasteiger partial charge is 0.207 e. The summed E-state index contributed by atoms with van der Waals surface area (Å²) in [6.07, 6.45) is 0.446. The van der Waals surface area contributed by atoms with Gasteiger partial charge in [0.1, 0.15) is 35.9 Å². The van der Waals surface area contributed by atoms with E-state index in [4.69, 9.17) is 29.4 Å². The molecule has 7 heteroatoms. The number of hydrogen-bond donors (Lipinski definition) is 1. The van der Waals surface area contributed by atoms with Crippen molar-refractivity contribution in [3.63, 3.8) is 0 Å². The van der Waals surface area contributed by atoms with Crippen molar-refractivity contribution in [3.8, 4) is 28.7 Å². The SMILES string of the molecule is C=C(C)[C@H]1Cc2c(ccc3c2O[C@]2(N)COc4cc(OC)c(OC)cc4[C@@H]2C3=O)O1. The fraction of sp³-hybridized carbons (Fsp3) is 0.348. The van der Waals surface area contributed by atoms with E-state index in [1.807, 2.05) is 13.0 Å². The molecule has 2 aromatic carbocycles. The molecule has 0 aliphatic carbocycles. The van der Waals surface area contributed by atoms with Crippen LogP contribution in [-0.4, -0.2) is 38.4 Å². The molecule has 2 aromatic rings. The molecule has 30 heavy (non-hydrogen) atoms. The molecule has 0 spiro atoms. The molecule has 0 fully saturated rings. The molecule has 5 rings (SSSR count). The highest BCUT2D eigenvalue weighted by Crippen LogP contribution is 2.52. The lowest BCUT2D eigenvalue weighted by atomic mass is 9.78. The van der Waals surface area contributed by atoms with Gasteiger partial charge in [-0.2, -0.15) is 0 Å². The Hall–Kier alpha value is -3.19. The van der Waals surface area contributed by atoms with Crippen LogP contribution in [-0.2, 0) is 6.42 Å². The van der Waals surface area contributed by atoms with Gasteiger partial charge in [0.05, 0.1) is 19.8 Å². The Morgan fingerprint density at radius 2 is 1.93 bits per heavy atom. The number of carbonyl (C=O) groups excluding carboxylic acids is 1. The number of ether oxygens (including phenoxy) is 5. The monoisotopic (exact) mass is 409 g/mol. The van der Waals surface area contributed by atoms with Crippen molar-refractivity contribution in [2.75, 3.05) is 20.8 Å². The van der Waals surface area contributed by atoms with E-state index in [1.165, 1.54) is 0 Å². The van der Waals surface area contributed by atoms with Crippen molar-refractivity contribution < 1.29 is 28.5 Å². The molecule has 0 aromatic heterocycles. The zero-order valence-corrected chi connectivity index (χ0v) is 17.1. The largest absolute Gasteiger partial charge is 0.493 e. The van der Waals surface area contributed by atoms with Crippen LogP contribution in [0.4, 0.5) is 0 Å². The van der Waals surface area contributed by atoms with Crippen molar-refractivity contribution >= 4 is 5.78 Å². The average Bonchev–Trinajstić information content (AvgIpc) is 3.17. The van der Waals surface area contributed by atoms with E-state index < -0.39 is 11.6 Å². The van der Waals surface area contributed by atoms with Crippen LogP contribution in [0.1, 0.15) is 34.3 Å². The van der Waals surface area contributed by atoms with E-state index >= 15 is 0 Å². The number of ketones is 1. The lowest BCUT2D eigenvalue weighted by molar-refractivity contribution is -0.0178. The third-order valence-electron chi connectivity index (χ3n) is 6.01. The first-order chi connectivity index (χ1) is 14.4. The predicted molar refractivity (Wildman–Crippen MR) is 109 cm³/mol.